The molecule has 0 bridgehead atoms. The number of carbonyl (C=O) groups excluding carboxylic acids is 1. The van der Waals surface area contributed by atoms with Crippen molar-refractivity contribution in [3.8, 4) is 5.75 Å². The highest BCUT2D eigenvalue weighted by molar-refractivity contribution is 6.30. The van der Waals surface area contributed by atoms with Crippen molar-refractivity contribution in [3.05, 3.63) is 101 Å². The van der Waals surface area contributed by atoms with Gasteiger partial charge in [-0.1, -0.05) is 79.2 Å². The van der Waals surface area contributed by atoms with Gasteiger partial charge in [0.25, 0.3) is 5.91 Å². The fraction of sp³-hybridized carbons (Fsp3) is 0.208. The van der Waals surface area contributed by atoms with Crippen LogP contribution in [0.3, 0.4) is 0 Å². The zero-order valence-corrected chi connectivity index (χ0v) is 16.8. The molecule has 0 saturated heterocycles. The summed E-state index contributed by atoms with van der Waals surface area (Å²) in [5.41, 5.74) is 3.22. The van der Waals surface area contributed by atoms with E-state index in [1.165, 1.54) is 0 Å². The van der Waals surface area contributed by atoms with Crippen LogP contribution >= 0.6 is 11.6 Å². The molecular formula is C24H24ClNO2. The summed E-state index contributed by atoms with van der Waals surface area (Å²) in [6.07, 6.45) is -0.0538. The third-order valence-electron chi connectivity index (χ3n) is 4.66. The number of rotatable bonds is 7. The maximum atomic E-state index is 13.1. The number of aryl methyl sites for hydroxylation is 1. The van der Waals surface area contributed by atoms with Gasteiger partial charge in [-0.25, -0.2) is 0 Å². The van der Waals surface area contributed by atoms with Crippen molar-refractivity contribution in [1.29, 1.82) is 0 Å². The van der Waals surface area contributed by atoms with E-state index in [1.807, 2.05) is 61.5 Å². The van der Waals surface area contributed by atoms with Crippen LogP contribution in [-0.4, -0.2) is 12.0 Å². The molecule has 0 fully saturated rings. The van der Waals surface area contributed by atoms with Gasteiger partial charge in [-0.3, -0.25) is 4.79 Å². The minimum absolute atomic E-state index is 0.153. The van der Waals surface area contributed by atoms with Crippen LogP contribution in [0, 0.1) is 6.92 Å². The molecule has 2 atom stereocenters. The lowest BCUT2D eigenvalue weighted by molar-refractivity contribution is -0.128. The van der Waals surface area contributed by atoms with Crippen molar-refractivity contribution in [2.24, 2.45) is 0 Å². The van der Waals surface area contributed by atoms with Crippen molar-refractivity contribution < 1.29 is 9.53 Å². The van der Waals surface area contributed by atoms with Gasteiger partial charge >= 0.3 is 0 Å². The minimum atomic E-state index is -0.603. The normalized spacial score (nSPS) is 12.8. The van der Waals surface area contributed by atoms with E-state index in [9.17, 15) is 4.79 Å². The monoisotopic (exact) mass is 393 g/mol. The van der Waals surface area contributed by atoms with E-state index < -0.39 is 6.10 Å². The van der Waals surface area contributed by atoms with E-state index in [1.54, 1.807) is 18.2 Å². The largest absolute Gasteiger partial charge is 0.481 e. The summed E-state index contributed by atoms with van der Waals surface area (Å²) in [5, 5.41) is 3.76. The number of halogens is 1. The van der Waals surface area contributed by atoms with E-state index in [0.29, 0.717) is 17.2 Å². The summed E-state index contributed by atoms with van der Waals surface area (Å²) < 4.78 is 5.91. The highest BCUT2D eigenvalue weighted by Gasteiger charge is 2.24. The molecule has 0 aliphatic rings. The van der Waals surface area contributed by atoms with Crippen molar-refractivity contribution in [3.63, 3.8) is 0 Å². The molecule has 3 rings (SSSR count). The van der Waals surface area contributed by atoms with Crippen LogP contribution in [0.15, 0.2) is 78.9 Å². The van der Waals surface area contributed by atoms with Crippen LogP contribution in [0.4, 0.5) is 0 Å². The Labute approximate surface area is 171 Å². The fourth-order valence-corrected chi connectivity index (χ4v) is 3.34. The second-order valence-corrected chi connectivity index (χ2v) is 7.12. The molecule has 0 aliphatic carbocycles. The van der Waals surface area contributed by atoms with Gasteiger partial charge in [0, 0.05) is 5.02 Å². The maximum absolute atomic E-state index is 13.1. The Morgan fingerprint density at radius 2 is 1.71 bits per heavy atom. The Balaban J connectivity index is 1.85. The summed E-state index contributed by atoms with van der Waals surface area (Å²) in [6, 6.07) is 24.9. The molecule has 1 amide bonds. The van der Waals surface area contributed by atoms with E-state index >= 15 is 0 Å². The number of amides is 1. The number of benzene rings is 3. The average molecular weight is 394 g/mol. The standard InChI is InChI=1S/C24H24ClNO2/c1-3-22(28-20-14-9-13-19(25)16-20)24(27)26-23(18-11-5-4-6-12-18)21-15-8-7-10-17(21)2/h4-16,22-23H,3H2,1-2H3,(H,26,27). The SMILES string of the molecule is CCC(Oc1cccc(Cl)c1)C(=O)NC(c1ccccc1)c1ccccc1C. The minimum Gasteiger partial charge on any atom is -0.481 e. The van der Waals surface area contributed by atoms with Crippen LogP contribution in [0.2, 0.25) is 5.02 Å². The lowest BCUT2D eigenvalue weighted by atomic mass is 9.94. The van der Waals surface area contributed by atoms with Gasteiger partial charge < -0.3 is 10.1 Å². The van der Waals surface area contributed by atoms with Crippen LogP contribution < -0.4 is 10.1 Å². The third-order valence-corrected chi connectivity index (χ3v) is 4.89. The molecule has 0 heterocycles. The molecule has 2 unspecified atom stereocenters. The third kappa shape index (κ3) is 4.93. The summed E-state index contributed by atoms with van der Waals surface area (Å²) in [5.74, 6) is 0.432. The Bertz CT molecular complexity index is 927. The second kappa shape index (κ2) is 9.43. The summed E-state index contributed by atoms with van der Waals surface area (Å²) in [6.45, 7) is 3.98. The molecule has 0 radical (unpaired) electrons. The fourth-order valence-electron chi connectivity index (χ4n) is 3.16. The smallest absolute Gasteiger partial charge is 0.261 e. The lowest BCUT2D eigenvalue weighted by Crippen LogP contribution is -2.40. The van der Waals surface area contributed by atoms with Crippen LogP contribution in [-0.2, 0) is 4.79 Å². The van der Waals surface area contributed by atoms with Gasteiger partial charge in [0.15, 0.2) is 6.10 Å². The topological polar surface area (TPSA) is 38.3 Å². The Morgan fingerprint density at radius 1 is 1.00 bits per heavy atom. The number of carbonyl (C=O) groups is 1. The predicted octanol–water partition coefficient (Wildman–Crippen LogP) is 5.71. The average Bonchev–Trinajstić information content (AvgIpc) is 2.71. The zero-order valence-electron chi connectivity index (χ0n) is 16.1. The zero-order chi connectivity index (χ0) is 19.9. The molecule has 144 valence electrons. The summed E-state index contributed by atoms with van der Waals surface area (Å²) in [7, 11) is 0. The number of nitrogens with one attached hydrogen (secondary N) is 1. The first-order valence-electron chi connectivity index (χ1n) is 9.41. The van der Waals surface area contributed by atoms with Gasteiger partial charge in [0.05, 0.1) is 6.04 Å². The van der Waals surface area contributed by atoms with Crippen molar-refractivity contribution in [1.82, 2.24) is 5.32 Å². The summed E-state index contributed by atoms with van der Waals surface area (Å²) in [4.78, 5) is 13.1. The molecular weight excluding hydrogens is 370 g/mol. The quantitative estimate of drug-likeness (QED) is 0.558. The molecule has 0 aliphatic heterocycles. The van der Waals surface area contributed by atoms with Gasteiger partial charge in [-0.05, 0) is 48.2 Å². The van der Waals surface area contributed by atoms with Crippen LogP contribution in [0.25, 0.3) is 0 Å². The van der Waals surface area contributed by atoms with Crippen molar-refractivity contribution in [2.45, 2.75) is 32.4 Å². The van der Waals surface area contributed by atoms with Gasteiger partial charge in [-0.2, -0.15) is 0 Å². The molecule has 0 aromatic heterocycles. The molecule has 4 heteroatoms. The van der Waals surface area contributed by atoms with Crippen LogP contribution in [0.5, 0.6) is 5.75 Å². The lowest BCUT2D eigenvalue weighted by Gasteiger charge is -2.25. The van der Waals surface area contributed by atoms with Gasteiger partial charge in [0.1, 0.15) is 5.75 Å². The molecule has 0 spiro atoms. The molecule has 3 aromatic carbocycles. The van der Waals surface area contributed by atoms with Gasteiger partial charge in [-0.15, -0.1) is 0 Å². The first-order valence-corrected chi connectivity index (χ1v) is 9.79. The molecule has 28 heavy (non-hydrogen) atoms. The Kier molecular flexibility index (Phi) is 6.72. The highest BCUT2D eigenvalue weighted by Crippen LogP contribution is 2.26. The van der Waals surface area contributed by atoms with Crippen molar-refractivity contribution in [2.75, 3.05) is 0 Å². The summed E-state index contributed by atoms with van der Waals surface area (Å²) >= 11 is 6.03. The van der Waals surface area contributed by atoms with E-state index in [0.717, 1.165) is 16.7 Å². The highest BCUT2D eigenvalue weighted by atomic mass is 35.5. The first-order chi connectivity index (χ1) is 13.6. The van der Waals surface area contributed by atoms with Crippen molar-refractivity contribution >= 4 is 17.5 Å². The predicted molar refractivity (Wildman–Crippen MR) is 114 cm³/mol. The maximum Gasteiger partial charge on any atom is 0.261 e. The molecule has 3 nitrogen and oxygen atoms in total. The molecule has 3 aromatic rings. The number of hydrogen-bond donors (Lipinski definition) is 1. The first kappa shape index (κ1) is 20.0. The van der Waals surface area contributed by atoms with Gasteiger partial charge in [0.2, 0.25) is 0 Å². The Morgan fingerprint density at radius 3 is 2.39 bits per heavy atom. The van der Waals surface area contributed by atoms with E-state index in [2.05, 4.69) is 18.3 Å². The van der Waals surface area contributed by atoms with E-state index in [-0.39, 0.29) is 11.9 Å². The van der Waals surface area contributed by atoms with Crippen LogP contribution in [0.1, 0.15) is 36.1 Å². The molecule has 1 N–H and O–H groups in total. The van der Waals surface area contributed by atoms with E-state index in [4.69, 9.17) is 16.3 Å². The number of hydrogen-bond acceptors (Lipinski definition) is 2. The second-order valence-electron chi connectivity index (χ2n) is 6.68. The Hall–Kier alpha value is -2.78. The number of ether oxygens (including phenoxy) is 1. The molecule has 0 saturated carbocycles.